The van der Waals surface area contributed by atoms with Gasteiger partial charge in [-0.1, -0.05) is 17.7 Å². The zero-order valence-electron chi connectivity index (χ0n) is 10.1. The molecule has 98 valence electrons. The van der Waals surface area contributed by atoms with Gasteiger partial charge in [-0.05, 0) is 37.5 Å². The monoisotopic (exact) mass is 268 g/mol. The summed E-state index contributed by atoms with van der Waals surface area (Å²) < 4.78 is 5.48. The van der Waals surface area contributed by atoms with Crippen molar-refractivity contribution >= 4 is 23.3 Å². The van der Waals surface area contributed by atoms with Gasteiger partial charge in [0.1, 0.15) is 0 Å². The molecule has 0 saturated carbocycles. The molecular weight excluding hydrogens is 252 g/mol. The summed E-state index contributed by atoms with van der Waals surface area (Å²) in [5, 5.41) is 6.14. The van der Waals surface area contributed by atoms with Crippen molar-refractivity contribution in [2.45, 2.75) is 25.4 Å². The second kappa shape index (κ2) is 6.61. The maximum atomic E-state index is 11.6. The standard InChI is InChI=1S/C13H17ClN2O2/c14-10-3-1-4-11(9-10)16-13(17)15-7-6-12-5-2-8-18-12/h1,3-4,9,12H,2,5-8H2,(H2,15,16,17)/t12-/m1/s1. The normalized spacial score (nSPS) is 18.6. The third kappa shape index (κ3) is 4.20. The number of anilines is 1. The average Bonchev–Trinajstić information content (AvgIpc) is 2.82. The molecule has 0 unspecified atom stereocenters. The highest BCUT2D eigenvalue weighted by molar-refractivity contribution is 6.30. The first-order valence-electron chi connectivity index (χ1n) is 6.16. The van der Waals surface area contributed by atoms with E-state index in [1.165, 1.54) is 0 Å². The molecule has 1 saturated heterocycles. The molecular formula is C13H17ClN2O2. The molecule has 0 bridgehead atoms. The number of halogens is 1. The van der Waals surface area contributed by atoms with Crippen LogP contribution < -0.4 is 10.6 Å². The van der Waals surface area contributed by atoms with E-state index in [1.807, 2.05) is 0 Å². The maximum Gasteiger partial charge on any atom is 0.319 e. The van der Waals surface area contributed by atoms with Crippen molar-refractivity contribution in [3.63, 3.8) is 0 Å². The Morgan fingerprint density at radius 2 is 2.39 bits per heavy atom. The maximum absolute atomic E-state index is 11.6. The van der Waals surface area contributed by atoms with E-state index < -0.39 is 0 Å². The summed E-state index contributed by atoms with van der Waals surface area (Å²) in [5.74, 6) is 0. The van der Waals surface area contributed by atoms with Crippen molar-refractivity contribution in [2.24, 2.45) is 0 Å². The van der Waals surface area contributed by atoms with Gasteiger partial charge in [-0.15, -0.1) is 0 Å². The first kappa shape index (κ1) is 13.2. The molecule has 1 aliphatic heterocycles. The van der Waals surface area contributed by atoms with Crippen LogP contribution in [0, 0.1) is 0 Å². The molecule has 0 radical (unpaired) electrons. The van der Waals surface area contributed by atoms with Crippen molar-refractivity contribution in [3.8, 4) is 0 Å². The van der Waals surface area contributed by atoms with Gasteiger partial charge >= 0.3 is 6.03 Å². The number of hydrogen-bond acceptors (Lipinski definition) is 2. The summed E-state index contributed by atoms with van der Waals surface area (Å²) in [6.07, 6.45) is 3.39. The predicted octanol–water partition coefficient (Wildman–Crippen LogP) is 3.03. The fourth-order valence-electron chi connectivity index (χ4n) is 1.96. The molecule has 0 aromatic heterocycles. The lowest BCUT2D eigenvalue weighted by Gasteiger charge is -2.11. The molecule has 2 amide bonds. The van der Waals surface area contributed by atoms with Gasteiger partial charge in [-0.25, -0.2) is 4.79 Å². The molecule has 5 heteroatoms. The number of nitrogens with one attached hydrogen (secondary N) is 2. The van der Waals surface area contributed by atoms with Crippen molar-refractivity contribution in [2.75, 3.05) is 18.5 Å². The van der Waals surface area contributed by atoms with Crippen LogP contribution in [0.1, 0.15) is 19.3 Å². The molecule has 0 aliphatic carbocycles. The topological polar surface area (TPSA) is 50.4 Å². The number of benzene rings is 1. The Morgan fingerprint density at radius 1 is 1.50 bits per heavy atom. The Morgan fingerprint density at radius 3 is 3.11 bits per heavy atom. The van der Waals surface area contributed by atoms with E-state index in [0.29, 0.717) is 23.4 Å². The highest BCUT2D eigenvalue weighted by atomic mass is 35.5. The first-order valence-corrected chi connectivity index (χ1v) is 6.54. The number of carbonyl (C=O) groups excluding carboxylic acids is 1. The van der Waals surface area contributed by atoms with Gasteiger partial charge in [-0.3, -0.25) is 0 Å². The van der Waals surface area contributed by atoms with Gasteiger partial charge in [0, 0.05) is 23.9 Å². The SMILES string of the molecule is O=C(NCC[C@H]1CCCO1)Nc1cccc(Cl)c1. The van der Waals surface area contributed by atoms with Crippen LogP contribution in [-0.2, 0) is 4.74 Å². The minimum absolute atomic E-state index is 0.213. The Bertz CT molecular complexity index is 406. The van der Waals surface area contributed by atoms with E-state index in [-0.39, 0.29) is 6.03 Å². The van der Waals surface area contributed by atoms with Crippen LogP contribution in [0.2, 0.25) is 5.02 Å². The smallest absolute Gasteiger partial charge is 0.319 e. The molecule has 18 heavy (non-hydrogen) atoms. The fraction of sp³-hybridized carbons (Fsp3) is 0.462. The number of ether oxygens (including phenoxy) is 1. The molecule has 1 heterocycles. The molecule has 1 aliphatic rings. The molecule has 2 rings (SSSR count). The lowest BCUT2D eigenvalue weighted by atomic mass is 10.2. The van der Waals surface area contributed by atoms with E-state index >= 15 is 0 Å². The van der Waals surface area contributed by atoms with Gasteiger partial charge in [0.25, 0.3) is 0 Å². The molecule has 4 nitrogen and oxygen atoms in total. The molecule has 0 spiro atoms. The van der Waals surface area contributed by atoms with Crippen LogP contribution in [0.15, 0.2) is 24.3 Å². The summed E-state index contributed by atoms with van der Waals surface area (Å²) in [4.78, 5) is 11.6. The summed E-state index contributed by atoms with van der Waals surface area (Å²) in [6, 6.07) is 6.86. The van der Waals surface area contributed by atoms with Crippen molar-refractivity contribution in [1.82, 2.24) is 5.32 Å². The van der Waals surface area contributed by atoms with E-state index in [9.17, 15) is 4.79 Å². The zero-order chi connectivity index (χ0) is 12.8. The third-order valence-electron chi connectivity index (χ3n) is 2.86. The number of carbonyl (C=O) groups is 1. The molecule has 2 N–H and O–H groups in total. The lowest BCUT2D eigenvalue weighted by molar-refractivity contribution is 0.105. The molecule has 1 atom stereocenters. The molecule has 1 aromatic rings. The second-order valence-corrected chi connectivity index (χ2v) is 4.75. The van der Waals surface area contributed by atoms with Crippen molar-refractivity contribution in [1.29, 1.82) is 0 Å². The van der Waals surface area contributed by atoms with Gasteiger partial charge in [0.15, 0.2) is 0 Å². The number of urea groups is 1. The van der Waals surface area contributed by atoms with E-state index in [2.05, 4.69) is 10.6 Å². The van der Waals surface area contributed by atoms with Crippen LogP contribution in [0.5, 0.6) is 0 Å². The van der Waals surface area contributed by atoms with E-state index in [1.54, 1.807) is 24.3 Å². The second-order valence-electron chi connectivity index (χ2n) is 4.31. The Kier molecular flexibility index (Phi) is 4.84. The van der Waals surface area contributed by atoms with Gasteiger partial charge in [0.2, 0.25) is 0 Å². The minimum atomic E-state index is -0.213. The van der Waals surface area contributed by atoms with Crippen molar-refractivity contribution < 1.29 is 9.53 Å². The molecule has 1 aromatic carbocycles. The number of rotatable bonds is 4. The Labute approximate surface area is 112 Å². The first-order chi connectivity index (χ1) is 8.74. The van der Waals surface area contributed by atoms with Crippen LogP contribution in [-0.4, -0.2) is 25.3 Å². The van der Waals surface area contributed by atoms with Crippen LogP contribution >= 0.6 is 11.6 Å². The van der Waals surface area contributed by atoms with E-state index in [0.717, 1.165) is 25.9 Å². The number of amides is 2. The summed E-state index contributed by atoms with van der Waals surface area (Å²) in [5.41, 5.74) is 0.692. The summed E-state index contributed by atoms with van der Waals surface area (Å²) in [7, 11) is 0. The summed E-state index contributed by atoms with van der Waals surface area (Å²) in [6.45, 7) is 1.47. The summed E-state index contributed by atoms with van der Waals surface area (Å²) >= 11 is 5.83. The fourth-order valence-corrected chi connectivity index (χ4v) is 2.15. The van der Waals surface area contributed by atoms with Gasteiger partial charge in [0.05, 0.1) is 6.10 Å². The van der Waals surface area contributed by atoms with Crippen LogP contribution in [0.3, 0.4) is 0 Å². The lowest BCUT2D eigenvalue weighted by Crippen LogP contribution is -2.31. The highest BCUT2D eigenvalue weighted by Gasteiger charge is 2.15. The number of hydrogen-bond donors (Lipinski definition) is 2. The zero-order valence-corrected chi connectivity index (χ0v) is 10.9. The van der Waals surface area contributed by atoms with Crippen LogP contribution in [0.4, 0.5) is 10.5 Å². The Balaban J connectivity index is 1.68. The average molecular weight is 269 g/mol. The quantitative estimate of drug-likeness (QED) is 0.882. The molecule has 1 fully saturated rings. The minimum Gasteiger partial charge on any atom is -0.378 e. The Hall–Kier alpha value is -1.26. The largest absolute Gasteiger partial charge is 0.378 e. The van der Waals surface area contributed by atoms with E-state index in [4.69, 9.17) is 16.3 Å². The van der Waals surface area contributed by atoms with Crippen LogP contribution in [0.25, 0.3) is 0 Å². The third-order valence-corrected chi connectivity index (χ3v) is 3.09. The van der Waals surface area contributed by atoms with Crippen molar-refractivity contribution in [3.05, 3.63) is 29.3 Å². The van der Waals surface area contributed by atoms with Gasteiger partial charge in [-0.2, -0.15) is 0 Å². The predicted molar refractivity (Wildman–Crippen MR) is 72.1 cm³/mol. The highest BCUT2D eigenvalue weighted by Crippen LogP contribution is 2.15. The van der Waals surface area contributed by atoms with Gasteiger partial charge < -0.3 is 15.4 Å².